The minimum absolute atomic E-state index is 0.0466. The third kappa shape index (κ3) is 6.13. The Kier molecular flexibility index (Phi) is 7.05. The Hall–Kier alpha value is -1.60. The molecule has 5 nitrogen and oxygen atoms in total. The van der Waals surface area contributed by atoms with Gasteiger partial charge in [-0.2, -0.15) is 0 Å². The van der Waals surface area contributed by atoms with Gasteiger partial charge in [-0.3, -0.25) is 10.1 Å². The predicted octanol–water partition coefficient (Wildman–Crippen LogP) is 4.43. The fourth-order valence-corrected chi connectivity index (χ4v) is 3.55. The minimum atomic E-state index is -0.237. The highest BCUT2D eigenvalue weighted by Gasteiger charge is 2.10. The number of anilines is 1. The van der Waals surface area contributed by atoms with Crippen molar-refractivity contribution in [2.75, 3.05) is 17.7 Å². The first-order valence-electron chi connectivity index (χ1n) is 7.93. The Bertz CT molecular complexity index is 654. The fourth-order valence-electron chi connectivity index (χ4n) is 1.81. The molecule has 1 aromatic carbocycles. The van der Waals surface area contributed by atoms with Crippen molar-refractivity contribution >= 4 is 34.1 Å². The summed E-state index contributed by atoms with van der Waals surface area (Å²) in [6, 6.07) is 7.80. The van der Waals surface area contributed by atoms with Crippen LogP contribution in [0.2, 0.25) is 0 Å². The van der Waals surface area contributed by atoms with Crippen LogP contribution >= 0.6 is 23.1 Å². The van der Waals surface area contributed by atoms with Crippen molar-refractivity contribution in [1.82, 2.24) is 10.2 Å². The second-order valence-corrected chi connectivity index (χ2v) is 8.38. The normalized spacial score (nSPS) is 11.1. The second-order valence-electron chi connectivity index (χ2n) is 6.14. The Morgan fingerprint density at radius 1 is 1.21 bits per heavy atom. The van der Waals surface area contributed by atoms with Gasteiger partial charge in [0.25, 0.3) is 5.91 Å². The summed E-state index contributed by atoms with van der Waals surface area (Å²) in [6.45, 7) is 8.54. The Morgan fingerprint density at radius 3 is 2.54 bits per heavy atom. The molecule has 1 heterocycles. The van der Waals surface area contributed by atoms with Crippen LogP contribution in [0, 0.1) is 5.92 Å². The molecule has 0 saturated heterocycles. The van der Waals surface area contributed by atoms with Gasteiger partial charge in [-0.1, -0.05) is 62.9 Å². The van der Waals surface area contributed by atoms with Crippen molar-refractivity contribution in [3.05, 3.63) is 29.8 Å². The lowest BCUT2D eigenvalue weighted by Gasteiger charge is -2.08. The Balaban J connectivity index is 1.78. The van der Waals surface area contributed by atoms with Crippen LogP contribution in [-0.4, -0.2) is 28.5 Å². The maximum atomic E-state index is 11.9. The highest BCUT2D eigenvalue weighted by Crippen LogP contribution is 2.26. The van der Waals surface area contributed by atoms with Gasteiger partial charge >= 0.3 is 0 Å². The number of amides is 1. The molecule has 0 aliphatic heterocycles. The summed E-state index contributed by atoms with van der Waals surface area (Å²) in [4.78, 5) is 11.9. The van der Waals surface area contributed by atoms with Gasteiger partial charge < -0.3 is 4.74 Å². The number of hydrogen-bond donors (Lipinski definition) is 1. The van der Waals surface area contributed by atoms with E-state index in [9.17, 15) is 4.79 Å². The van der Waals surface area contributed by atoms with E-state index in [0.717, 1.165) is 10.1 Å². The molecule has 0 radical (unpaired) electrons. The van der Waals surface area contributed by atoms with E-state index < -0.39 is 0 Å². The zero-order valence-corrected chi connectivity index (χ0v) is 16.0. The van der Waals surface area contributed by atoms with Crippen molar-refractivity contribution < 1.29 is 9.53 Å². The molecule has 0 aliphatic carbocycles. The van der Waals surface area contributed by atoms with Crippen molar-refractivity contribution in [2.24, 2.45) is 5.92 Å². The molecule has 0 atom stereocenters. The van der Waals surface area contributed by atoms with Crippen LogP contribution in [0.15, 0.2) is 28.6 Å². The number of benzene rings is 1. The van der Waals surface area contributed by atoms with E-state index in [1.165, 1.54) is 16.9 Å². The molecular weight excluding hydrogens is 342 g/mol. The van der Waals surface area contributed by atoms with Crippen molar-refractivity contribution in [3.63, 3.8) is 0 Å². The number of nitrogens with one attached hydrogen (secondary N) is 1. The van der Waals surface area contributed by atoms with E-state index >= 15 is 0 Å². The van der Waals surface area contributed by atoms with Gasteiger partial charge in [-0.25, -0.2) is 0 Å². The SMILES string of the molecule is CC(C)CSc1nnc(NC(=O)COc2ccc(C(C)C)cc2)s1. The molecule has 0 bridgehead atoms. The molecule has 1 amide bonds. The quantitative estimate of drug-likeness (QED) is 0.554. The van der Waals surface area contributed by atoms with E-state index in [-0.39, 0.29) is 12.5 Å². The van der Waals surface area contributed by atoms with Crippen LogP contribution < -0.4 is 10.1 Å². The Morgan fingerprint density at radius 2 is 1.92 bits per heavy atom. The third-order valence-electron chi connectivity index (χ3n) is 3.11. The summed E-state index contributed by atoms with van der Waals surface area (Å²) in [5, 5.41) is 11.3. The maximum Gasteiger partial charge on any atom is 0.264 e. The van der Waals surface area contributed by atoms with Crippen LogP contribution in [0.25, 0.3) is 0 Å². The summed E-state index contributed by atoms with van der Waals surface area (Å²) >= 11 is 3.04. The average Bonchev–Trinajstić information content (AvgIpc) is 2.98. The van der Waals surface area contributed by atoms with E-state index in [0.29, 0.717) is 22.7 Å². The number of hydrogen-bond acceptors (Lipinski definition) is 6. The van der Waals surface area contributed by atoms with Crippen LogP contribution in [0.4, 0.5) is 5.13 Å². The number of carbonyl (C=O) groups excluding carboxylic acids is 1. The molecule has 0 aliphatic rings. The van der Waals surface area contributed by atoms with Crippen LogP contribution in [0.3, 0.4) is 0 Å². The standard InChI is InChI=1S/C17H23N3O2S2/c1-11(2)10-23-17-20-19-16(24-17)18-15(21)9-22-14-7-5-13(6-8-14)12(3)4/h5-8,11-12H,9-10H2,1-4H3,(H,18,19,21). The van der Waals surface area contributed by atoms with Crippen molar-refractivity contribution in [2.45, 2.75) is 38.0 Å². The molecule has 1 aromatic heterocycles. The molecule has 0 spiro atoms. The number of aromatic nitrogens is 2. The summed E-state index contributed by atoms with van der Waals surface area (Å²) in [6.07, 6.45) is 0. The van der Waals surface area contributed by atoms with Crippen molar-refractivity contribution in [1.29, 1.82) is 0 Å². The third-order valence-corrected chi connectivity index (χ3v) is 5.51. The molecule has 2 rings (SSSR count). The predicted molar refractivity (Wildman–Crippen MR) is 100 cm³/mol. The second kappa shape index (κ2) is 9.03. The summed E-state index contributed by atoms with van der Waals surface area (Å²) in [5.41, 5.74) is 1.24. The maximum absolute atomic E-state index is 11.9. The molecule has 7 heteroatoms. The van der Waals surface area contributed by atoms with Crippen LogP contribution in [-0.2, 0) is 4.79 Å². The molecule has 2 aromatic rings. The van der Waals surface area contributed by atoms with Crippen LogP contribution in [0.5, 0.6) is 5.75 Å². The van der Waals surface area contributed by atoms with Gasteiger partial charge in [-0.15, -0.1) is 10.2 Å². The van der Waals surface area contributed by atoms with E-state index in [1.54, 1.807) is 11.8 Å². The molecular formula is C17H23N3O2S2. The first kappa shape index (κ1) is 18.7. The first-order chi connectivity index (χ1) is 11.4. The lowest BCUT2D eigenvalue weighted by Crippen LogP contribution is -2.20. The van der Waals surface area contributed by atoms with E-state index in [2.05, 4.69) is 43.2 Å². The van der Waals surface area contributed by atoms with Gasteiger partial charge in [0.1, 0.15) is 5.75 Å². The molecule has 130 valence electrons. The van der Waals surface area contributed by atoms with Gasteiger partial charge in [0.05, 0.1) is 0 Å². The summed E-state index contributed by atoms with van der Waals surface area (Å²) < 4.78 is 6.36. The molecule has 0 saturated carbocycles. The smallest absolute Gasteiger partial charge is 0.264 e. The zero-order chi connectivity index (χ0) is 17.5. The number of ether oxygens (including phenoxy) is 1. The highest BCUT2D eigenvalue weighted by atomic mass is 32.2. The molecule has 1 N–H and O–H groups in total. The largest absolute Gasteiger partial charge is 0.484 e. The summed E-state index contributed by atoms with van der Waals surface area (Å²) in [5.74, 6) is 2.49. The van der Waals surface area contributed by atoms with Crippen LogP contribution in [0.1, 0.15) is 39.2 Å². The number of nitrogens with zero attached hydrogens (tertiary/aromatic N) is 2. The minimum Gasteiger partial charge on any atom is -0.484 e. The number of carbonyl (C=O) groups is 1. The van der Waals surface area contributed by atoms with E-state index in [4.69, 9.17) is 4.74 Å². The monoisotopic (exact) mass is 365 g/mol. The lowest BCUT2D eigenvalue weighted by atomic mass is 10.0. The Labute approximate surface area is 151 Å². The zero-order valence-electron chi connectivity index (χ0n) is 14.4. The highest BCUT2D eigenvalue weighted by molar-refractivity contribution is 8.01. The van der Waals surface area contributed by atoms with E-state index in [1.807, 2.05) is 24.3 Å². The number of thioether (sulfide) groups is 1. The van der Waals surface area contributed by atoms with Gasteiger partial charge in [0.15, 0.2) is 10.9 Å². The topological polar surface area (TPSA) is 64.1 Å². The molecule has 24 heavy (non-hydrogen) atoms. The van der Waals surface area contributed by atoms with Crippen molar-refractivity contribution in [3.8, 4) is 5.75 Å². The average molecular weight is 366 g/mol. The first-order valence-corrected chi connectivity index (χ1v) is 9.73. The number of rotatable bonds is 8. The lowest BCUT2D eigenvalue weighted by molar-refractivity contribution is -0.118. The van der Waals surface area contributed by atoms with Gasteiger partial charge in [0.2, 0.25) is 5.13 Å². The molecule has 0 unspecified atom stereocenters. The summed E-state index contributed by atoms with van der Waals surface area (Å²) in [7, 11) is 0. The molecule has 0 fully saturated rings. The van der Waals surface area contributed by atoms with Gasteiger partial charge in [-0.05, 0) is 29.5 Å². The van der Waals surface area contributed by atoms with Gasteiger partial charge in [0, 0.05) is 5.75 Å². The fraction of sp³-hybridized carbons (Fsp3) is 0.471.